The van der Waals surface area contributed by atoms with Gasteiger partial charge in [0.1, 0.15) is 0 Å². The summed E-state index contributed by atoms with van der Waals surface area (Å²) in [5.41, 5.74) is 2.69. The number of hydrogen-bond donors (Lipinski definition) is 2. The second kappa shape index (κ2) is 5.19. The van der Waals surface area contributed by atoms with Crippen LogP contribution in [-0.2, 0) is 6.42 Å². The van der Waals surface area contributed by atoms with Gasteiger partial charge in [-0.1, -0.05) is 29.8 Å². The van der Waals surface area contributed by atoms with E-state index in [9.17, 15) is 0 Å². The third-order valence-electron chi connectivity index (χ3n) is 2.89. The highest BCUT2D eigenvalue weighted by atomic mass is 79.9. The SMILES string of the molecule is CC(C)CNC1CNc2ccc(Br)cc2C1. The van der Waals surface area contributed by atoms with Crippen LogP contribution in [0.5, 0.6) is 0 Å². The molecule has 1 aromatic carbocycles. The second-order valence-electron chi connectivity index (χ2n) is 4.89. The van der Waals surface area contributed by atoms with E-state index in [-0.39, 0.29) is 0 Å². The largest absolute Gasteiger partial charge is 0.383 e. The van der Waals surface area contributed by atoms with Crippen LogP contribution in [0.4, 0.5) is 5.69 Å². The van der Waals surface area contributed by atoms with Crippen LogP contribution < -0.4 is 10.6 Å². The van der Waals surface area contributed by atoms with Crippen molar-refractivity contribution in [1.29, 1.82) is 0 Å². The van der Waals surface area contributed by atoms with Gasteiger partial charge in [0, 0.05) is 22.7 Å². The van der Waals surface area contributed by atoms with Crippen LogP contribution in [0.15, 0.2) is 22.7 Å². The molecular formula is C13H19BrN2. The molecule has 3 heteroatoms. The topological polar surface area (TPSA) is 24.1 Å². The molecule has 16 heavy (non-hydrogen) atoms. The zero-order valence-corrected chi connectivity index (χ0v) is 11.5. The van der Waals surface area contributed by atoms with Crippen molar-refractivity contribution < 1.29 is 0 Å². The van der Waals surface area contributed by atoms with Crippen LogP contribution in [0.2, 0.25) is 0 Å². The highest BCUT2D eigenvalue weighted by Crippen LogP contribution is 2.25. The van der Waals surface area contributed by atoms with Gasteiger partial charge >= 0.3 is 0 Å². The lowest BCUT2D eigenvalue weighted by molar-refractivity contribution is 0.465. The first-order chi connectivity index (χ1) is 7.65. The van der Waals surface area contributed by atoms with Gasteiger partial charge in [0.2, 0.25) is 0 Å². The second-order valence-corrected chi connectivity index (χ2v) is 5.80. The van der Waals surface area contributed by atoms with Crippen LogP contribution in [-0.4, -0.2) is 19.1 Å². The van der Waals surface area contributed by atoms with Crippen LogP contribution in [0, 0.1) is 5.92 Å². The molecule has 0 aliphatic carbocycles. The Balaban J connectivity index is 1.99. The van der Waals surface area contributed by atoms with Crippen molar-refractivity contribution >= 4 is 21.6 Å². The molecule has 0 saturated carbocycles. The molecule has 1 aliphatic rings. The third-order valence-corrected chi connectivity index (χ3v) is 3.38. The fraction of sp³-hybridized carbons (Fsp3) is 0.538. The maximum Gasteiger partial charge on any atom is 0.0374 e. The molecule has 0 aromatic heterocycles. The fourth-order valence-corrected chi connectivity index (χ4v) is 2.43. The van der Waals surface area contributed by atoms with Crippen LogP contribution in [0.25, 0.3) is 0 Å². The smallest absolute Gasteiger partial charge is 0.0374 e. The lowest BCUT2D eigenvalue weighted by atomic mass is 9.99. The molecule has 1 unspecified atom stereocenters. The summed E-state index contributed by atoms with van der Waals surface area (Å²) in [6.45, 7) is 6.61. The van der Waals surface area contributed by atoms with E-state index in [2.05, 4.69) is 58.6 Å². The van der Waals surface area contributed by atoms with Crippen molar-refractivity contribution in [2.45, 2.75) is 26.3 Å². The minimum Gasteiger partial charge on any atom is -0.383 e. The van der Waals surface area contributed by atoms with E-state index in [0.29, 0.717) is 12.0 Å². The highest BCUT2D eigenvalue weighted by molar-refractivity contribution is 9.10. The first-order valence-electron chi connectivity index (χ1n) is 5.91. The summed E-state index contributed by atoms with van der Waals surface area (Å²) in [5, 5.41) is 7.08. The van der Waals surface area contributed by atoms with E-state index in [0.717, 1.165) is 24.0 Å². The maximum atomic E-state index is 3.60. The molecule has 1 heterocycles. The molecule has 2 nitrogen and oxygen atoms in total. The summed E-state index contributed by atoms with van der Waals surface area (Å²) >= 11 is 3.52. The molecule has 1 aliphatic heterocycles. The standard InChI is InChI=1S/C13H19BrN2/c1-9(2)7-15-12-6-10-5-11(14)3-4-13(10)16-8-12/h3-5,9,12,15-16H,6-8H2,1-2H3. The number of halogens is 1. The Hall–Kier alpha value is -0.540. The Morgan fingerprint density at radius 1 is 1.50 bits per heavy atom. The van der Waals surface area contributed by atoms with Crippen LogP contribution in [0.1, 0.15) is 19.4 Å². The van der Waals surface area contributed by atoms with Crippen molar-refractivity contribution in [3.05, 3.63) is 28.2 Å². The normalized spacial score (nSPS) is 19.4. The van der Waals surface area contributed by atoms with Gasteiger partial charge in [-0.15, -0.1) is 0 Å². The van der Waals surface area contributed by atoms with Gasteiger partial charge in [-0.2, -0.15) is 0 Å². The molecule has 2 N–H and O–H groups in total. The van der Waals surface area contributed by atoms with Gasteiger partial charge in [-0.05, 0) is 42.6 Å². The van der Waals surface area contributed by atoms with Crippen LogP contribution >= 0.6 is 15.9 Å². The molecule has 0 amide bonds. The summed E-state index contributed by atoms with van der Waals surface area (Å²) in [6, 6.07) is 7.02. The molecule has 88 valence electrons. The minimum atomic E-state index is 0.559. The first-order valence-corrected chi connectivity index (χ1v) is 6.70. The molecule has 0 bridgehead atoms. The van der Waals surface area contributed by atoms with Gasteiger partial charge in [0.05, 0.1) is 0 Å². The molecule has 0 radical (unpaired) electrons. The van der Waals surface area contributed by atoms with Gasteiger partial charge < -0.3 is 10.6 Å². The number of hydrogen-bond acceptors (Lipinski definition) is 2. The summed E-state index contributed by atoms with van der Waals surface area (Å²) in [5.74, 6) is 0.712. The number of rotatable bonds is 3. The molecule has 0 fully saturated rings. The number of anilines is 1. The summed E-state index contributed by atoms with van der Waals surface area (Å²) in [7, 11) is 0. The maximum absolute atomic E-state index is 3.60. The molecule has 1 atom stereocenters. The molecular weight excluding hydrogens is 264 g/mol. The first kappa shape index (κ1) is 11.9. The summed E-state index contributed by atoms with van der Waals surface area (Å²) < 4.78 is 1.16. The number of nitrogens with one attached hydrogen (secondary N) is 2. The van der Waals surface area contributed by atoms with Crippen molar-refractivity contribution in [2.24, 2.45) is 5.92 Å². The lowest BCUT2D eigenvalue weighted by Gasteiger charge is -2.27. The van der Waals surface area contributed by atoms with Crippen LogP contribution in [0.3, 0.4) is 0 Å². The van der Waals surface area contributed by atoms with Crippen molar-refractivity contribution in [3.8, 4) is 0 Å². The average molecular weight is 283 g/mol. The zero-order chi connectivity index (χ0) is 11.5. The van der Waals surface area contributed by atoms with E-state index >= 15 is 0 Å². The van der Waals surface area contributed by atoms with E-state index < -0.39 is 0 Å². The Labute approximate surface area is 106 Å². The Morgan fingerprint density at radius 3 is 3.06 bits per heavy atom. The molecule has 0 saturated heterocycles. The van der Waals surface area contributed by atoms with E-state index in [1.54, 1.807) is 0 Å². The molecule has 1 aromatic rings. The Morgan fingerprint density at radius 2 is 2.31 bits per heavy atom. The van der Waals surface area contributed by atoms with Crippen molar-refractivity contribution in [2.75, 3.05) is 18.4 Å². The highest BCUT2D eigenvalue weighted by Gasteiger charge is 2.17. The van der Waals surface area contributed by atoms with E-state index in [1.165, 1.54) is 11.3 Å². The Kier molecular flexibility index (Phi) is 3.87. The van der Waals surface area contributed by atoms with Gasteiger partial charge in [-0.3, -0.25) is 0 Å². The minimum absolute atomic E-state index is 0.559. The zero-order valence-electron chi connectivity index (χ0n) is 9.89. The monoisotopic (exact) mass is 282 g/mol. The van der Waals surface area contributed by atoms with E-state index in [1.807, 2.05) is 0 Å². The summed E-state index contributed by atoms with van der Waals surface area (Å²) in [4.78, 5) is 0. The summed E-state index contributed by atoms with van der Waals surface area (Å²) in [6.07, 6.45) is 1.12. The van der Waals surface area contributed by atoms with Gasteiger partial charge in [0.25, 0.3) is 0 Å². The average Bonchev–Trinajstić information content (AvgIpc) is 2.25. The van der Waals surface area contributed by atoms with Gasteiger partial charge in [-0.25, -0.2) is 0 Å². The lowest BCUT2D eigenvalue weighted by Crippen LogP contribution is -2.41. The predicted molar refractivity (Wildman–Crippen MR) is 73.0 cm³/mol. The fourth-order valence-electron chi connectivity index (χ4n) is 2.02. The molecule has 2 rings (SSSR count). The third kappa shape index (κ3) is 2.98. The Bertz CT molecular complexity index is 363. The van der Waals surface area contributed by atoms with Crippen molar-refractivity contribution in [1.82, 2.24) is 5.32 Å². The predicted octanol–water partition coefficient (Wildman–Crippen LogP) is 3.03. The number of benzene rings is 1. The van der Waals surface area contributed by atoms with Gasteiger partial charge in [0.15, 0.2) is 0 Å². The number of fused-ring (bicyclic) bond motifs is 1. The van der Waals surface area contributed by atoms with E-state index in [4.69, 9.17) is 0 Å². The van der Waals surface area contributed by atoms with Crippen molar-refractivity contribution in [3.63, 3.8) is 0 Å². The quantitative estimate of drug-likeness (QED) is 0.891. The molecule has 0 spiro atoms.